The predicted molar refractivity (Wildman–Crippen MR) is 89.2 cm³/mol. The second-order valence-corrected chi connectivity index (χ2v) is 5.89. The number of benzene rings is 1. The third-order valence-electron chi connectivity index (χ3n) is 3.00. The van der Waals surface area contributed by atoms with Crippen LogP contribution in [0.15, 0.2) is 40.2 Å². The highest BCUT2D eigenvalue weighted by atomic mass is 35.5. The summed E-state index contributed by atoms with van der Waals surface area (Å²) < 4.78 is 5.11. The summed E-state index contributed by atoms with van der Waals surface area (Å²) in [5.41, 5.74) is 0.285. The van der Waals surface area contributed by atoms with Gasteiger partial charge in [-0.1, -0.05) is 28.9 Å². The predicted octanol–water partition coefficient (Wildman–Crippen LogP) is 4.42. The van der Waals surface area contributed by atoms with Gasteiger partial charge in [0, 0.05) is 6.07 Å². The maximum Gasteiger partial charge on any atom is 0.288 e. The molecule has 118 valence electrons. The van der Waals surface area contributed by atoms with Crippen LogP contribution >= 0.6 is 22.9 Å². The highest BCUT2D eigenvalue weighted by Gasteiger charge is 2.16. The van der Waals surface area contributed by atoms with E-state index in [0.717, 1.165) is 4.88 Å². The number of nitriles is 1. The van der Waals surface area contributed by atoms with Gasteiger partial charge in [0.25, 0.3) is 11.6 Å². The van der Waals surface area contributed by atoms with Gasteiger partial charge < -0.3 is 4.52 Å². The van der Waals surface area contributed by atoms with Crippen molar-refractivity contribution in [2.45, 2.75) is 0 Å². The number of aromatic nitrogens is 2. The smallest absolute Gasteiger partial charge is 0.288 e. The van der Waals surface area contributed by atoms with Gasteiger partial charge in [0.2, 0.25) is 5.82 Å². The van der Waals surface area contributed by atoms with Crippen molar-refractivity contribution in [1.29, 1.82) is 5.26 Å². The van der Waals surface area contributed by atoms with Crippen molar-refractivity contribution in [3.05, 3.63) is 62.3 Å². The average molecular weight is 359 g/mol. The van der Waals surface area contributed by atoms with Crippen LogP contribution < -0.4 is 0 Å². The first-order chi connectivity index (χ1) is 11.6. The van der Waals surface area contributed by atoms with Gasteiger partial charge in [-0.05, 0) is 29.2 Å². The Bertz CT molecular complexity index is 973. The number of hydrogen-bond acceptors (Lipinski definition) is 7. The Balaban J connectivity index is 1.98. The highest BCUT2D eigenvalue weighted by molar-refractivity contribution is 7.13. The minimum Gasteiger partial charge on any atom is -0.333 e. The van der Waals surface area contributed by atoms with E-state index in [1.807, 2.05) is 23.6 Å². The molecule has 2 heterocycles. The van der Waals surface area contributed by atoms with E-state index in [9.17, 15) is 15.4 Å². The van der Waals surface area contributed by atoms with E-state index in [1.165, 1.54) is 29.5 Å². The summed E-state index contributed by atoms with van der Waals surface area (Å²) in [5.74, 6) is 0.418. The van der Waals surface area contributed by atoms with Gasteiger partial charge in [0.05, 0.1) is 9.80 Å². The van der Waals surface area contributed by atoms with Gasteiger partial charge in [0.1, 0.15) is 16.7 Å². The first-order valence-corrected chi connectivity index (χ1v) is 7.78. The van der Waals surface area contributed by atoms with E-state index < -0.39 is 4.92 Å². The zero-order chi connectivity index (χ0) is 17.1. The molecule has 7 nitrogen and oxygen atoms in total. The minimum atomic E-state index is -0.590. The zero-order valence-corrected chi connectivity index (χ0v) is 13.4. The van der Waals surface area contributed by atoms with E-state index in [0.29, 0.717) is 11.4 Å². The normalized spacial score (nSPS) is 11.2. The summed E-state index contributed by atoms with van der Waals surface area (Å²) in [6.07, 6.45) is 1.43. The molecule has 3 rings (SSSR count). The molecule has 0 saturated heterocycles. The Labute approximate surface area is 144 Å². The molecule has 0 fully saturated rings. The number of allylic oxidation sites excluding steroid dienone is 1. The van der Waals surface area contributed by atoms with Crippen molar-refractivity contribution >= 4 is 40.3 Å². The van der Waals surface area contributed by atoms with Crippen molar-refractivity contribution in [1.82, 2.24) is 10.1 Å². The lowest BCUT2D eigenvalue weighted by Crippen LogP contribution is -1.90. The van der Waals surface area contributed by atoms with Gasteiger partial charge >= 0.3 is 0 Å². The molecule has 3 aromatic rings. The first kappa shape index (κ1) is 15.9. The third kappa shape index (κ3) is 3.17. The molecule has 9 heteroatoms. The Morgan fingerprint density at radius 2 is 2.29 bits per heavy atom. The molecule has 1 aromatic carbocycles. The van der Waals surface area contributed by atoms with E-state index in [-0.39, 0.29) is 22.2 Å². The van der Waals surface area contributed by atoms with Crippen LogP contribution in [0.1, 0.15) is 11.5 Å². The molecular formula is C15H7ClN4O3S. The Hall–Kier alpha value is -3.02. The number of nitro benzene ring substituents is 1. The van der Waals surface area contributed by atoms with Crippen LogP contribution in [0.3, 0.4) is 0 Å². The number of nitro groups is 1. The van der Waals surface area contributed by atoms with Crippen LogP contribution in [0.25, 0.3) is 22.4 Å². The summed E-state index contributed by atoms with van der Waals surface area (Å²) >= 11 is 7.21. The third-order valence-corrected chi connectivity index (χ3v) is 4.18. The standard InChI is InChI=1S/C15H7ClN4O3S/c16-11-4-3-9(7-12(11)20(21)22)6-10(8-17)15-18-14(19-23-15)13-2-1-5-24-13/h1-7H/b10-6+. The monoisotopic (exact) mass is 358 g/mol. The molecule has 0 unspecified atom stereocenters. The van der Waals surface area contributed by atoms with Gasteiger partial charge in [-0.25, -0.2) is 0 Å². The summed E-state index contributed by atoms with van der Waals surface area (Å²) in [5, 5.41) is 26.0. The van der Waals surface area contributed by atoms with Crippen molar-refractivity contribution in [2.75, 3.05) is 0 Å². The van der Waals surface area contributed by atoms with Gasteiger partial charge in [-0.2, -0.15) is 10.2 Å². The van der Waals surface area contributed by atoms with Gasteiger partial charge in [-0.3, -0.25) is 10.1 Å². The summed E-state index contributed by atoms with van der Waals surface area (Å²) in [6.45, 7) is 0. The Morgan fingerprint density at radius 1 is 1.46 bits per heavy atom. The number of rotatable bonds is 4. The molecule has 0 atom stereocenters. The van der Waals surface area contributed by atoms with Crippen LogP contribution in [0.5, 0.6) is 0 Å². The van der Waals surface area contributed by atoms with E-state index in [4.69, 9.17) is 16.1 Å². The van der Waals surface area contributed by atoms with Crippen molar-refractivity contribution in [2.24, 2.45) is 0 Å². The van der Waals surface area contributed by atoms with Crippen molar-refractivity contribution < 1.29 is 9.45 Å². The second-order valence-electron chi connectivity index (χ2n) is 4.54. The molecule has 0 aliphatic heterocycles. The molecule has 0 saturated carbocycles. The second kappa shape index (κ2) is 6.62. The maximum absolute atomic E-state index is 10.9. The number of nitrogens with zero attached hydrogens (tertiary/aromatic N) is 4. The Kier molecular flexibility index (Phi) is 4.37. The molecule has 0 bridgehead atoms. The maximum atomic E-state index is 10.9. The fraction of sp³-hybridized carbons (Fsp3) is 0. The lowest BCUT2D eigenvalue weighted by Gasteiger charge is -1.98. The number of hydrogen-bond donors (Lipinski definition) is 0. The molecular weight excluding hydrogens is 352 g/mol. The number of thiophene rings is 1. The lowest BCUT2D eigenvalue weighted by atomic mass is 10.1. The molecule has 0 aliphatic rings. The topological polar surface area (TPSA) is 106 Å². The quantitative estimate of drug-likeness (QED) is 0.388. The van der Waals surface area contributed by atoms with Gasteiger partial charge in [0.15, 0.2) is 0 Å². The molecule has 0 N–H and O–H groups in total. The molecule has 0 spiro atoms. The molecule has 0 radical (unpaired) electrons. The van der Waals surface area contributed by atoms with E-state index in [2.05, 4.69) is 10.1 Å². The van der Waals surface area contributed by atoms with Crippen LogP contribution in [-0.4, -0.2) is 15.1 Å². The zero-order valence-electron chi connectivity index (χ0n) is 11.8. The lowest BCUT2D eigenvalue weighted by molar-refractivity contribution is -0.384. The summed E-state index contributed by atoms with van der Waals surface area (Å²) in [6, 6.07) is 9.86. The van der Waals surface area contributed by atoms with Crippen molar-refractivity contribution in [3.8, 4) is 16.8 Å². The molecule has 2 aromatic heterocycles. The molecule has 24 heavy (non-hydrogen) atoms. The highest BCUT2D eigenvalue weighted by Crippen LogP contribution is 2.28. The SMILES string of the molecule is N#C/C(=C\c1ccc(Cl)c([N+](=O)[O-])c1)c1nc(-c2cccs2)no1. The first-order valence-electron chi connectivity index (χ1n) is 6.52. The van der Waals surface area contributed by atoms with E-state index in [1.54, 1.807) is 6.07 Å². The molecule has 0 aliphatic carbocycles. The largest absolute Gasteiger partial charge is 0.333 e. The Morgan fingerprint density at radius 3 is 2.96 bits per heavy atom. The van der Waals surface area contributed by atoms with Crippen LogP contribution in [0.2, 0.25) is 5.02 Å². The fourth-order valence-electron chi connectivity index (χ4n) is 1.91. The van der Waals surface area contributed by atoms with Crippen LogP contribution in [0.4, 0.5) is 5.69 Å². The minimum absolute atomic E-state index is 0.0217. The number of halogens is 1. The average Bonchev–Trinajstić information content (AvgIpc) is 3.24. The molecule has 0 amide bonds. The van der Waals surface area contributed by atoms with Crippen molar-refractivity contribution in [3.63, 3.8) is 0 Å². The summed E-state index contributed by atoms with van der Waals surface area (Å²) in [7, 11) is 0. The fourth-order valence-corrected chi connectivity index (χ4v) is 2.74. The van der Waals surface area contributed by atoms with Crippen LogP contribution in [0, 0.1) is 21.4 Å². The van der Waals surface area contributed by atoms with E-state index >= 15 is 0 Å². The van der Waals surface area contributed by atoms with Crippen LogP contribution in [-0.2, 0) is 0 Å². The van der Waals surface area contributed by atoms with Gasteiger partial charge in [-0.15, -0.1) is 11.3 Å². The summed E-state index contributed by atoms with van der Waals surface area (Å²) in [4.78, 5) is 15.3.